The normalized spacial score (nSPS) is 15.5. The molecule has 0 unspecified atom stereocenters. The van der Waals surface area contributed by atoms with E-state index in [2.05, 4.69) is 10.5 Å². The topological polar surface area (TPSA) is 79.9 Å². The highest BCUT2D eigenvalue weighted by atomic mass is 16.5. The Balaban J connectivity index is 1.56. The fraction of sp³-hybridized carbons (Fsp3) is 0.533. The van der Waals surface area contributed by atoms with Crippen LogP contribution < -0.4 is 11.1 Å². The van der Waals surface area contributed by atoms with E-state index in [1.54, 1.807) is 0 Å². The number of hydrogen-bond donors (Lipinski definition) is 3. The number of oxime groups is 1. The van der Waals surface area contributed by atoms with Crippen LogP contribution in [0.3, 0.4) is 0 Å². The highest BCUT2D eigenvalue weighted by Crippen LogP contribution is 2.28. The average molecular weight is 277 g/mol. The summed E-state index contributed by atoms with van der Waals surface area (Å²) >= 11 is 0. The molecule has 5 heteroatoms. The van der Waals surface area contributed by atoms with E-state index in [0.717, 1.165) is 44.2 Å². The van der Waals surface area contributed by atoms with Crippen molar-refractivity contribution in [1.82, 2.24) is 5.32 Å². The van der Waals surface area contributed by atoms with Crippen molar-refractivity contribution in [3.05, 3.63) is 35.4 Å². The lowest BCUT2D eigenvalue weighted by Gasteiger charge is -2.06. The van der Waals surface area contributed by atoms with E-state index in [9.17, 15) is 0 Å². The molecule has 2 rings (SSSR count). The first-order valence-electron chi connectivity index (χ1n) is 7.15. The van der Waals surface area contributed by atoms with Crippen molar-refractivity contribution in [3.8, 4) is 0 Å². The fourth-order valence-electron chi connectivity index (χ4n) is 1.92. The van der Waals surface area contributed by atoms with Gasteiger partial charge in [0, 0.05) is 25.3 Å². The minimum atomic E-state index is 0.136. The first kappa shape index (κ1) is 14.8. The van der Waals surface area contributed by atoms with Crippen molar-refractivity contribution in [2.45, 2.75) is 25.8 Å². The zero-order valence-electron chi connectivity index (χ0n) is 11.7. The van der Waals surface area contributed by atoms with E-state index >= 15 is 0 Å². The summed E-state index contributed by atoms with van der Waals surface area (Å²) in [4.78, 5) is 0. The van der Waals surface area contributed by atoms with Crippen molar-refractivity contribution in [1.29, 1.82) is 0 Å². The Kier molecular flexibility index (Phi) is 5.83. The van der Waals surface area contributed by atoms with Gasteiger partial charge < -0.3 is 21.0 Å². The molecule has 0 aliphatic heterocycles. The van der Waals surface area contributed by atoms with Gasteiger partial charge in [0.15, 0.2) is 5.84 Å². The highest BCUT2D eigenvalue weighted by Gasteiger charge is 2.20. The highest BCUT2D eigenvalue weighted by molar-refractivity contribution is 5.96. The number of nitrogens with zero attached hydrogens (tertiary/aromatic N) is 1. The second-order valence-corrected chi connectivity index (χ2v) is 5.23. The van der Waals surface area contributed by atoms with Crippen LogP contribution in [0.5, 0.6) is 0 Å². The van der Waals surface area contributed by atoms with Crippen LogP contribution in [-0.4, -0.2) is 30.8 Å². The van der Waals surface area contributed by atoms with E-state index in [4.69, 9.17) is 15.7 Å². The molecule has 0 amide bonds. The zero-order valence-corrected chi connectivity index (χ0v) is 11.7. The van der Waals surface area contributed by atoms with Gasteiger partial charge in [0.2, 0.25) is 0 Å². The number of nitrogens with two attached hydrogens (primary N) is 1. The molecular formula is C15H23N3O2. The number of rotatable bonds is 9. The van der Waals surface area contributed by atoms with Gasteiger partial charge in [-0.2, -0.15) is 0 Å². The third-order valence-corrected chi connectivity index (χ3v) is 3.38. The van der Waals surface area contributed by atoms with Crippen LogP contribution in [0.1, 0.15) is 30.4 Å². The van der Waals surface area contributed by atoms with Crippen molar-refractivity contribution in [3.63, 3.8) is 0 Å². The summed E-state index contributed by atoms with van der Waals surface area (Å²) in [6.07, 6.45) is 3.73. The number of amidine groups is 1. The Bertz CT molecular complexity index is 427. The third kappa shape index (κ3) is 5.19. The van der Waals surface area contributed by atoms with Gasteiger partial charge >= 0.3 is 0 Å². The number of ether oxygens (including phenoxy) is 1. The van der Waals surface area contributed by atoms with Crippen molar-refractivity contribution in [2.24, 2.45) is 16.8 Å². The predicted molar refractivity (Wildman–Crippen MR) is 78.8 cm³/mol. The van der Waals surface area contributed by atoms with Crippen LogP contribution in [0.15, 0.2) is 29.4 Å². The number of benzene rings is 1. The quantitative estimate of drug-likeness (QED) is 0.211. The molecule has 1 aromatic carbocycles. The molecule has 4 N–H and O–H groups in total. The lowest BCUT2D eigenvalue weighted by atomic mass is 10.1. The van der Waals surface area contributed by atoms with Gasteiger partial charge in [-0.1, -0.05) is 29.4 Å². The molecule has 0 spiro atoms. The standard InChI is InChI=1S/C15H23N3O2/c16-15(18-19)14-6-4-12(5-7-14)10-17-8-1-9-20-11-13-2-3-13/h4-7,13,17,19H,1-3,8-11H2,(H2,16,18). The monoisotopic (exact) mass is 277 g/mol. The first-order chi connectivity index (χ1) is 9.79. The predicted octanol–water partition coefficient (Wildman–Crippen LogP) is 1.69. The molecule has 0 atom stereocenters. The van der Waals surface area contributed by atoms with Crippen LogP contribution in [-0.2, 0) is 11.3 Å². The summed E-state index contributed by atoms with van der Waals surface area (Å²) in [6, 6.07) is 7.66. The summed E-state index contributed by atoms with van der Waals surface area (Å²) in [5.41, 5.74) is 7.41. The minimum absolute atomic E-state index is 0.136. The van der Waals surface area contributed by atoms with Crippen molar-refractivity contribution in [2.75, 3.05) is 19.8 Å². The molecule has 1 aromatic rings. The summed E-state index contributed by atoms with van der Waals surface area (Å²) in [6.45, 7) is 3.55. The molecule has 0 bridgehead atoms. The Morgan fingerprint density at radius 3 is 2.75 bits per heavy atom. The molecule has 1 saturated carbocycles. The molecule has 1 aliphatic carbocycles. The SMILES string of the molecule is N/C(=N/O)c1ccc(CNCCCOCC2CC2)cc1. The van der Waals surface area contributed by atoms with Gasteiger partial charge in [-0.15, -0.1) is 0 Å². The minimum Gasteiger partial charge on any atom is -0.409 e. The maximum absolute atomic E-state index is 8.58. The smallest absolute Gasteiger partial charge is 0.170 e. The molecule has 1 fully saturated rings. The van der Waals surface area contributed by atoms with Crippen LogP contribution in [0.25, 0.3) is 0 Å². The van der Waals surface area contributed by atoms with Crippen LogP contribution >= 0.6 is 0 Å². The Morgan fingerprint density at radius 1 is 1.35 bits per heavy atom. The number of hydrogen-bond acceptors (Lipinski definition) is 4. The molecule has 20 heavy (non-hydrogen) atoms. The van der Waals surface area contributed by atoms with Crippen molar-refractivity contribution >= 4 is 5.84 Å². The van der Waals surface area contributed by atoms with Crippen LogP contribution in [0.4, 0.5) is 0 Å². The van der Waals surface area contributed by atoms with Crippen molar-refractivity contribution < 1.29 is 9.94 Å². The van der Waals surface area contributed by atoms with Crippen LogP contribution in [0, 0.1) is 5.92 Å². The maximum Gasteiger partial charge on any atom is 0.170 e. The summed E-state index contributed by atoms with van der Waals surface area (Å²) in [5.74, 6) is 0.980. The molecule has 110 valence electrons. The third-order valence-electron chi connectivity index (χ3n) is 3.38. The van der Waals surface area contributed by atoms with E-state index in [0.29, 0.717) is 0 Å². The maximum atomic E-state index is 8.58. The van der Waals surface area contributed by atoms with Gasteiger partial charge in [0.1, 0.15) is 0 Å². The number of nitrogens with one attached hydrogen (secondary N) is 1. The Labute approximate surface area is 119 Å². The van der Waals surface area contributed by atoms with Gasteiger partial charge in [-0.25, -0.2) is 0 Å². The lowest BCUT2D eigenvalue weighted by Crippen LogP contribution is -2.17. The Hall–Kier alpha value is -1.59. The van der Waals surface area contributed by atoms with Gasteiger partial charge in [0.05, 0.1) is 0 Å². The summed E-state index contributed by atoms with van der Waals surface area (Å²) in [7, 11) is 0. The molecule has 0 saturated heterocycles. The van der Waals surface area contributed by atoms with Gasteiger partial charge in [-0.3, -0.25) is 0 Å². The second kappa shape index (κ2) is 7.87. The molecule has 0 radical (unpaired) electrons. The molecular weight excluding hydrogens is 254 g/mol. The molecule has 0 heterocycles. The Morgan fingerprint density at radius 2 is 2.10 bits per heavy atom. The summed E-state index contributed by atoms with van der Waals surface area (Å²) in [5, 5.41) is 14.9. The lowest BCUT2D eigenvalue weighted by molar-refractivity contribution is 0.122. The van der Waals surface area contributed by atoms with Gasteiger partial charge in [-0.05, 0) is 37.3 Å². The average Bonchev–Trinajstić information content (AvgIpc) is 3.30. The molecule has 5 nitrogen and oxygen atoms in total. The largest absolute Gasteiger partial charge is 0.409 e. The van der Waals surface area contributed by atoms with E-state index < -0.39 is 0 Å². The van der Waals surface area contributed by atoms with E-state index in [-0.39, 0.29) is 5.84 Å². The molecule has 0 aromatic heterocycles. The van der Waals surface area contributed by atoms with Crippen LogP contribution in [0.2, 0.25) is 0 Å². The molecule has 1 aliphatic rings. The van der Waals surface area contributed by atoms with Gasteiger partial charge in [0.25, 0.3) is 0 Å². The fourth-order valence-corrected chi connectivity index (χ4v) is 1.92. The van der Waals surface area contributed by atoms with E-state index in [1.165, 1.54) is 18.4 Å². The zero-order chi connectivity index (χ0) is 14.2. The first-order valence-corrected chi connectivity index (χ1v) is 7.15. The second-order valence-electron chi connectivity index (χ2n) is 5.23. The van der Waals surface area contributed by atoms with E-state index in [1.807, 2.05) is 24.3 Å². The summed E-state index contributed by atoms with van der Waals surface area (Å²) < 4.78 is 5.57.